The number of esters is 1. The van der Waals surface area contributed by atoms with E-state index >= 15 is 0 Å². The van der Waals surface area contributed by atoms with Crippen LogP contribution in [0.4, 0.5) is 0 Å². The predicted octanol–water partition coefficient (Wildman–Crippen LogP) is 3.20. The number of pyridine rings is 1. The lowest BCUT2D eigenvalue weighted by molar-refractivity contribution is -0.159. The molecule has 0 unspecified atom stereocenters. The molecule has 1 N–H and O–H groups in total. The molecule has 2 heterocycles. The van der Waals surface area contributed by atoms with E-state index in [9.17, 15) is 18.0 Å². The zero-order valence-corrected chi connectivity index (χ0v) is 22.1. The van der Waals surface area contributed by atoms with Crippen molar-refractivity contribution in [3.63, 3.8) is 0 Å². The smallest absolute Gasteiger partial charge is 0.312 e. The molecule has 196 valence electrons. The fourth-order valence-electron chi connectivity index (χ4n) is 4.31. The monoisotopic (exact) mass is 525 g/mol. The average molecular weight is 526 g/mol. The summed E-state index contributed by atoms with van der Waals surface area (Å²) < 4.78 is 40.1. The van der Waals surface area contributed by atoms with E-state index in [-0.39, 0.29) is 18.0 Å². The Hall–Kier alpha value is -3.50. The van der Waals surface area contributed by atoms with Gasteiger partial charge in [0.2, 0.25) is 16.4 Å². The van der Waals surface area contributed by atoms with Gasteiger partial charge in [0.1, 0.15) is 18.0 Å². The van der Waals surface area contributed by atoms with Crippen LogP contribution in [0, 0.1) is 12.8 Å². The van der Waals surface area contributed by atoms with E-state index in [1.54, 1.807) is 32.9 Å². The first-order valence-electron chi connectivity index (χ1n) is 12.0. The molecule has 1 amide bonds. The van der Waals surface area contributed by atoms with Gasteiger partial charge in [-0.3, -0.25) is 14.6 Å². The van der Waals surface area contributed by atoms with Gasteiger partial charge in [0.05, 0.1) is 22.4 Å². The molecule has 1 fully saturated rings. The van der Waals surface area contributed by atoms with Crippen molar-refractivity contribution in [3.05, 3.63) is 65.9 Å². The number of para-hydroxylation sites is 1. The van der Waals surface area contributed by atoms with Crippen LogP contribution in [0.25, 0.3) is 10.9 Å². The predicted molar refractivity (Wildman–Crippen MR) is 138 cm³/mol. The van der Waals surface area contributed by atoms with Gasteiger partial charge in [-0.15, -0.1) is 0 Å². The van der Waals surface area contributed by atoms with Crippen molar-refractivity contribution < 1.29 is 27.5 Å². The molecule has 1 aliphatic heterocycles. The minimum Gasteiger partial charge on any atom is -0.489 e. The molecule has 4 rings (SSSR count). The standard InChI is InChI=1S/C27H31N3O6S/c1-18-13-19(22-7-5-6-8-24(22)28-18)16-35-20-9-11-21(12-10-20)37(33,34)29-25-15-30(17-31)14-23(25)26(32)36-27(2,3)4/h5-13,17,23,25,29H,14-16H2,1-4H3/t23-,25+/m1/s1. The third-order valence-electron chi connectivity index (χ3n) is 5.97. The Balaban J connectivity index is 1.45. The second kappa shape index (κ2) is 10.5. The fourth-order valence-corrected chi connectivity index (χ4v) is 5.58. The minimum atomic E-state index is -3.97. The number of aryl methyl sites for hydroxylation is 1. The molecule has 1 aromatic heterocycles. The fraction of sp³-hybridized carbons (Fsp3) is 0.370. The summed E-state index contributed by atoms with van der Waals surface area (Å²) in [4.78, 5) is 29.9. The third-order valence-corrected chi connectivity index (χ3v) is 7.48. The first kappa shape index (κ1) is 26.6. The Morgan fingerprint density at radius 1 is 1.14 bits per heavy atom. The number of sulfonamides is 1. The van der Waals surface area contributed by atoms with Crippen LogP contribution in [-0.2, 0) is 31.0 Å². The minimum absolute atomic E-state index is 0.0255. The van der Waals surface area contributed by atoms with Crippen molar-refractivity contribution in [2.45, 2.75) is 50.8 Å². The Labute approximate surface area is 216 Å². The highest BCUT2D eigenvalue weighted by atomic mass is 32.2. The van der Waals surface area contributed by atoms with Gasteiger partial charge in [0.15, 0.2) is 0 Å². The second-order valence-corrected chi connectivity index (χ2v) is 11.8. The first-order chi connectivity index (χ1) is 17.4. The second-order valence-electron chi connectivity index (χ2n) is 10.1. The van der Waals surface area contributed by atoms with Gasteiger partial charge in [-0.25, -0.2) is 13.1 Å². The summed E-state index contributed by atoms with van der Waals surface area (Å²) in [6, 6.07) is 15.0. The summed E-state index contributed by atoms with van der Waals surface area (Å²) in [5, 5.41) is 0.997. The zero-order chi connectivity index (χ0) is 26.8. The lowest BCUT2D eigenvalue weighted by Crippen LogP contribution is -2.44. The molecule has 0 spiro atoms. The largest absolute Gasteiger partial charge is 0.489 e. The number of likely N-dealkylation sites (tertiary alicyclic amines) is 1. The summed E-state index contributed by atoms with van der Waals surface area (Å²) in [7, 11) is -3.97. The van der Waals surface area contributed by atoms with E-state index in [1.807, 2.05) is 37.3 Å². The summed E-state index contributed by atoms with van der Waals surface area (Å²) in [5.74, 6) is -0.843. The van der Waals surface area contributed by atoms with Crippen molar-refractivity contribution in [1.29, 1.82) is 0 Å². The molecule has 9 nitrogen and oxygen atoms in total. The number of rotatable bonds is 8. The third kappa shape index (κ3) is 6.44. The van der Waals surface area contributed by atoms with Crippen molar-refractivity contribution in [1.82, 2.24) is 14.6 Å². The number of ether oxygens (including phenoxy) is 2. The topological polar surface area (TPSA) is 115 Å². The average Bonchev–Trinajstić information content (AvgIpc) is 3.24. The lowest BCUT2D eigenvalue weighted by Gasteiger charge is -2.24. The molecular weight excluding hydrogens is 494 g/mol. The number of benzene rings is 2. The highest BCUT2D eigenvalue weighted by Gasteiger charge is 2.41. The molecule has 2 atom stereocenters. The molecule has 1 saturated heterocycles. The molecule has 0 aliphatic carbocycles. The van der Waals surface area contributed by atoms with Crippen LogP contribution < -0.4 is 9.46 Å². The first-order valence-corrected chi connectivity index (χ1v) is 13.5. The maximum atomic E-state index is 13.1. The van der Waals surface area contributed by atoms with Gasteiger partial charge in [0, 0.05) is 29.7 Å². The van der Waals surface area contributed by atoms with Gasteiger partial charge in [-0.1, -0.05) is 18.2 Å². The Bertz CT molecular complexity index is 1400. The number of nitrogens with zero attached hydrogens (tertiary/aromatic N) is 2. The number of fused-ring (bicyclic) bond motifs is 1. The summed E-state index contributed by atoms with van der Waals surface area (Å²) in [6.45, 7) is 7.59. The number of carbonyl (C=O) groups excluding carboxylic acids is 2. The molecule has 2 aromatic carbocycles. The van der Waals surface area contributed by atoms with E-state index < -0.39 is 33.6 Å². The highest BCUT2D eigenvalue weighted by Crippen LogP contribution is 2.25. The van der Waals surface area contributed by atoms with Gasteiger partial charge >= 0.3 is 5.97 Å². The normalized spacial score (nSPS) is 18.1. The van der Waals surface area contributed by atoms with E-state index in [1.165, 1.54) is 17.0 Å². The van der Waals surface area contributed by atoms with Crippen molar-refractivity contribution in [2.24, 2.45) is 5.92 Å². The molecule has 3 aromatic rings. The number of amides is 1. The lowest BCUT2D eigenvalue weighted by atomic mass is 10.0. The number of hydrogen-bond acceptors (Lipinski definition) is 7. The van der Waals surface area contributed by atoms with Crippen LogP contribution in [0.3, 0.4) is 0 Å². The van der Waals surface area contributed by atoms with Crippen LogP contribution in [0.2, 0.25) is 0 Å². The molecule has 0 radical (unpaired) electrons. The Morgan fingerprint density at radius 3 is 2.51 bits per heavy atom. The number of hydrogen-bond donors (Lipinski definition) is 1. The molecule has 0 bridgehead atoms. The van der Waals surface area contributed by atoms with Gasteiger partial charge in [-0.05, 0) is 64.1 Å². The summed E-state index contributed by atoms with van der Waals surface area (Å²) in [6.07, 6.45) is 0.602. The van der Waals surface area contributed by atoms with Crippen molar-refractivity contribution >= 4 is 33.3 Å². The Morgan fingerprint density at radius 2 is 1.84 bits per heavy atom. The molecule has 10 heteroatoms. The molecule has 37 heavy (non-hydrogen) atoms. The van der Waals surface area contributed by atoms with Crippen molar-refractivity contribution in [2.75, 3.05) is 13.1 Å². The van der Waals surface area contributed by atoms with Crippen molar-refractivity contribution in [3.8, 4) is 5.75 Å². The van der Waals surface area contributed by atoms with Gasteiger partial charge in [-0.2, -0.15) is 0 Å². The zero-order valence-electron chi connectivity index (χ0n) is 21.3. The number of nitrogens with one attached hydrogen (secondary N) is 1. The van der Waals surface area contributed by atoms with E-state index in [2.05, 4.69) is 9.71 Å². The quantitative estimate of drug-likeness (QED) is 0.355. The van der Waals surface area contributed by atoms with E-state index in [0.717, 1.165) is 22.2 Å². The molecular formula is C27H31N3O6S. The van der Waals surface area contributed by atoms with Crippen LogP contribution in [0.5, 0.6) is 5.75 Å². The van der Waals surface area contributed by atoms with E-state index in [4.69, 9.17) is 9.47 Å². The maximum absolute atomic E-state index is 13.1. The summed E-state index contributed by atoms with van der Waals surface area (Å²) in [5.41, 5.74) is 2.02. The van der Waals surface area contributed by atoms with Gasteiger partial charge < -0.3 is 14.4 Å². The van der Waals surface area contributed by atoms with Gasteiger partial charge in [0.25, 0.3) is 0 Å². The van der Waals surface area contributed by atoms with Crippen LogP contribution >= 0.6 is 0 Å². The SMILES string of the molecule is Cc1cc(COc2ccc(S(=O)(=O)N[C@H]3CN(C=O)C[C@H]3C(=O)OC(C)(C)C)cc2)c2ccccc2n1. The Kier molecular flexibility index (Phi) is 7.52. The van der Waals surface area contributed by atoms with Crippen LogP contribution in [0.1, 0.15) is 32.0 Å². The van der Waals surface area contributed by atoms with Crippen LogP contribution in [-0.4, -0.2) is 55.4 Å². The summed E-state index contributed by atoms with van der Waals surface area (Å²) >= 11 is 0. The molecule has 1 aliphatic rings. The van der Waals surface area contributed by atoms with Crippen LogP contribution in [0.15, 0.2) is 59.5 Å². The number of aromatic nitrogens is 1. The number of carbonyl (C=O) groups is 2. The molecule has 0 saturated carbocycles. The maximum Gasteiger partial charge on any atom is 0.312 e. The highest BCUT2D eigenvalue weighted by molar-refractivity contribution is 7.89. The van der Waals surface area contributed by atoms with E-state index in [0.29, 0.717) is 18.8 Å².